The molecule has 0 bridgehead atoms. The van der Waals surface area contributed by atoms with Crippen molar-refractivity contribution >= 4 is 17.4 Å². The van der Waals surface area contributed by atoms with E-state index in [4.69, 9.17) is 0 Å². The Morgan fingerprint density at radius 3 is 2.57 bits per heavy atom. The Hall–Kier alpha value is -2.18. The summed E-state index contributed by atoms with van der Waals surface area (Å²) >= 11 is 0. The number of aromatic nitrogens is 1. The molecule has 21 heavy (non-hydrogen) atoms. The minimum absolute atomic E-state index is 0.171. The van der Waals surface area contributed by atoms with Crippen LogP contribution in [0.1, 0.15) is 30.6 Å². The first-order valence-corrected chi connectivity index (χ1v) is 7.03. The molecule has 2 unspecified atom stereocenters. The van der Waals surface area contributed by atoms with Crippen LogP contribution in [0.3, 0.4) is 0 Å². The highest BCUT2D eigenvalue weighted by Gasteiger charge is 2.28. The summed E-state index contributed by atoms with van der Waals surface area (Å²) in [6, 6.07) is 1.30. The zero-order chi connectivity index (χ0) is 15.6. The molecule has 1 aromatic rings. The van der Waals surface area contributed by atoms with Crippen LogP contribution in [-0.2, 0) is 0 Å². The number of pyridine rings is 1. The van der Waals surface area contributed by atoms with E-state index in [-0.39, 0.29) is 17.2 Å². The van der Waals surface area contributed by atoms with Crippen LogP contribution in [0.25, 0.3) is 0 Å². The molecule has 7 heteroatoms. The van der Waals surface area contributed by atoms with Gasteiger partial charge >= 0.3 is 0 Å². The van der Waals surface area contributed by atoms with Gasteiger partial charge in [-0.3, -0.25) is 14.9 Å². The molecular weight excluding hydrogens is 272 g/mol. The standard InChI is InChI=1S/C14H20N4O3/c1-9-4-10(2)8-17(7-9)14(19)12-5-11(18(20)21)6-16-13(12)15-3/h5-6,9-10H,4,7-8H2,1-3H3,(H,15,16). The van der Waals surface area contributed by atoms with Crippen molar-refractivity contribution in [2.75, 3.05) is 25.5 Å². The largest absolute Gasteiger partial charge is 0.372 e. The highest BCUT2D eigenvalue weighted by molar-refractivity contribution is 5.99. The van der Waals surface area contributed by atoms with E-state index in [0.717, 1.165) is 12.6 Å². The van der Waals surface area contributed by atoms with Crippen LogP contribution in [0.5, 0.6) is 0 Å². The van der Waals surface area contributed by atoms with Crippen molar-refractivity contribution in [3.05, 3.63) is 27.9 Å². The quantitative estimate of drug-likeness (QED) is 0.681. The van der Waals surface area contributed by atoms with E-state index in [2.05, 4.69) is 24.1 Å². The number of carbonyl (C=O) groups excluding carboxylic acids is 1. The number of carbonyl (C=O) groups is 1. The van der Waals surface area contributed by atoms with E-state index in [9.17, 15) is 14.9 Å². The van der Waals surface area contributed by atoms with Crippen LogP contribution in [0.2, 0.25) is 0 Å². The lowest BCUT2D eigenvalue weighted by atomic mass is 9.91. The fraction of sp³-hybridized carbons (Fsp3) is 0.571. The van der Waals surface area contributed by atoms with E-state index >= 15 is 0 Å². The maximum absolute atomic E-state index is 12.7. The molecule has 0 aliphatic carbocycles. The fourth-order valence-electron chi connectivity index (χ4n) is 2.91. The van der Waals surface area contributed by atoms with Gasteiger partial charge in [0.25, 0.3) is 11.6 Å². The second kappa shape index (κ2) is 6.07. The minimum atomic E-state index is -0.537. The highest BCUT2D eigenvalue weighted by Crippen LogP contribution is 2.25. The number of piperidine rings is 1. The lowest BCUT2D eigenvalue weighted by Gasteiger charge is -2.35. The van der Waals surface area contributed by atoms with Crippen LogP contribution in [0, 0.1) is 22.0 Å². The first-order valence-electron chi connectivity index (χ1n) is 7.03. The average Bonchev–Trinajstić information content (AvgIpc) is 2.44. The Morgan fingerprint density at radius 2 is 2.05 bits per heavy atom. The van der Waals surface area contributed by atoms with Crippen molar-refractivity contribution in [2.45, 2.75) is 20.3 Å². The third kappa shape index (κ3) is 3.29. The van der Waals surface area contributed by atoms with Gasteiger partial charge in [0.15, 0.2) is 0 Å². The van der Waals surface area contributed by atoms with E-state index in [1.165, 1.54) is 6.07 Å². The predicted molar refractivity (Wildman–Crippen MR) is 79.3 cm³/mol. The van der Waals surface area contributed by atoms with Gasteiger partial charge < -0.3 is 10.2 Å². The second-order valence-electron chi connectivity index (χ2n) is 5.75. The molecule has 7 nitrogen and oxygen atoms in total. The molecule has 2 rings (SSSR count). The topological polar surface area (TPSA) is 88.4 Å². The van der Waals surface area contributed by atoms with Crippen molar-refractivity contribution in [1.82, 2.24) is 9.88 Å². The van der Waals surface area contributed by atoms with Gasteiger partial charge in [-0.05, 0) is 18.3 Å². The number of hydrogen-bond donors (Lipinski definition) is 1. The molecule has 1 saturated heterocycles. The van der Waals surface area contributed by atoms with Crippen LogP contribution in [0.15, 0.2) is 12.3 Å². The number of likely N-dealkylation sites (tertiary alicyclic amines) is 1. The molecule has 2 atom stereocenters. The Bertz CT molecular complexity index is 551. The Morgan fingerprint density at radius 1 is 1.43 bits per heavy atom. The Kier molecular flexibility index (Phi) is 4.40. The summed E-state index contributed by atoms with van der Waals surface area (Å²) in [7, 11) is 1.65. The molecule has 1 aliphatic rings. The summed E-state index contributed by atoms with van der Waals surface area (Å²) in [6.45, 7) is 5.57. The Labute approximate surface area is 123 Å². The summed E-state index contributed by atoms with van der Waals surface area (Å²) in [5.74, 6) is 1.04. The summed E-state index contributed by atoms with van der Waals surface area (Å²) in [4.78, 5) is 28.7. The lowest BCUT2D eigenvalue weighted by Crippen LogP contribution is -2.42. The second-order valence-corrected chi connectivity index (χ2v) is 5.75. The van der Waals surface area contributed by atoms with E-state index in [0.29, 0.717) is 30.7 Å². The summed E-state index contributed by atoms with van der Waals surface area (Å²) in [5.41, 5.74) is 0.0865. The number of hydrogen-bond acceptors (Lipinski definition) is 5. The van der Waals surface area contributed by atoms with Gasteiger partial charge in [0.05, 0.1) is 10.5 Å². The number of nitro groups is 1. The maximum Gasteiger partial charge on any atom is 0.288 e. The molecule has 0 spiro atoms. The van der Waals surface area contributed by atoms with Gasteiger partial charge in [-0.15, -0.1) is 0 Å². The molecule has 2 heterocycles. The molecule has 0 saturated carbocycles. The molecule has 1 aliphatic heterocycles. The molecule has 1 aromatic heterocycles. The Balaban J connectivity index is 2.32. The van der Waals surface area contributed by atoms with Crippen LogP contribution in [-0.4, -0.2) is 40.9 Å². The monoisotopic (exact) mass is 292 g/mol. The van der Waals surface area contributed by atoms with Crippen molar-refractivity contribution < 1.29 is 9.72 Å². The fourth-order valence-corrected chi connectivity index (χ4v) is 2.91. The van der Waals surface area contributed by atoms with Crippen LogP contribution in [0.4, 0.5) is 11.5 Å². The number of amides is 1. The molecule has 1 fully saturated rings. The van der Waals surface area contributed by atoms with Gasteiger partial charge in [-0.1, -0.05) is 13.8 Å². The van der Waals surface area contributed by atoms with Gasteiger partial charge in [-0.2, -0.15) is 0 Å². The van der Waals surface area contributed by atoms with Gasteiger partial charge in [0.1, 0.15) is 12.0 Å². The van der Waals surface area contributed by atoms with Crippen molar-refractivity contribution in [3.8, 4) is 0 Å². The van der Waals surface area contributed by atoms with Crippen molar-refractivity contribution in [2.24, 2.45) is 11.8 Å². The third-order valence-corrected chi connectivity index (χ3v) is 3.71. The molecule has 0 radical (unpaired) electrons. The molecule has 0 aromatic carbocycles. The lowest BCUT2D eigenvalue weighted by molar-refractivity contribution is -0.385. The van der Waals surface area contributed by atoms with E-state index in [1.54, 1.807) is 11.9 Å². The van der Waals surface area contributed by atoms with Gasteiger partial charge in [0.2, 0.25) is 0 Å². The number of rotatable bonds is 3. The molecule has 1 N–H and O–H groups in total. The summed E-state index contributed by atoms with van der Waals surface area (Å²) in [5, 5.41) is 13.7. The molecule has 114 valence electrons. The minimum Gasteiger partial charge on any atom is -0.372 e. The predicted octanol–water partition coefficient (Wildman–Crippen LogP) is 2.15. The zero-order valence-corrected chi connectivity index (χ0v) is 12.5. The SMILES string of the molecule is CNc1ncc([N+](=O)[O-])cc1C(=O)N1CC(C)CC(C)C1. The van der Waals surface area contributed by atoms with Crippen LogP contribution < -0.4 is 5.32 Å². The first kappa shape index (κ1) is 15.2. The normalized spacial score (nSPS) is 22.0. The van der Waals surface area contributed by atoms with Crippen molar-refractivity contribution in [3.63, 3.8) is 0 Å². The maximum atomic E-state index is 12.7. The summed E-state index contributed by atoms with van der Waals surface area (Å²) < 4.78 is 0. The smallest absolute Gasteiger partial charge is 0.288 e. The highest BCUT2D eigenvalue weighted by atomic mass is 16.6. The number of nitrogens with zero attached hydrogens (tertiary/aromatic N) is 3. The van der Waals surface area contributed by atoms with E-state index < -0.39 is 4.92 Å². The zero-order valence-electron chi connectivity index (χ0n) is 12.5. The van der Waals surface area contributed by atoms with Gasteiger partial charge in [-0.25, -0.2) is 4.98 Å². The van der Waals surface area contributed by atoms with Crippen molar-refractivity contribution in [1.29, 1.82) is 0 Å². The average molecular weight is 292 g/mol. The van der Waals surface area contributed by atoms with Gasteiger partial charge in [0, 0.05) is 26.2 Å². The third-order valence-electron chi connectivity index (χ3n) is 3.71. The van der Waals surface area contributed by atoms with E-state index in [1.807, 2.05) is 0 Å². The number of nitrogens with one attached hydrogen (secondary N) is 1. The van der Waals surface area contributed by atoms with Crippen LogP contribution >= 0.6 is 0 Å². The number of anilines is 1. The summed E-state index contributed by atoms with van der Waals surface area (Å²) in [6.07, 6.45) is 2.25. The molecule has 1 amide bonds. The first-order chi connectivity index (χ1) is 9.92. The molecular formula is C14H20N4O3.